The Morgan fingerprint density at radius 3 is 2.28 bits per heavy atom. The summed E-state index contributed by atoms with van der Waals surface area (Å²) in [5, 5.41) is 10.2. The zero-order chi connectivity index (χ0) is 28.2. The van der Waals surface area contributed by atoms with Gasteiger partial charge in [0, 0.05) is 43.0 Å². The Morgan fingerprint density at radius 2 is 1.69 bits per heavy atom. The Hall–Kier alpha value is -3.45. The summed E-state index contributed by atoms with van der Waals surface area (Å²) in [5.74, 6) is -0.556. The van der Waals surface area contributed by atoms with E-state index in [1.54, 1.807) is 24.5 Å². The van der Waals surface area contributed by atoms with Crippen LogP contribution in [0, 0.1) is 11.2 Å². The molecule has 0 amide bonds. The van der Waals surface area contributed by atoms with Crippen molar-refractivity contribution in [3.8, 4) is 16.9 Å². The monoisotopic (exact) mass is 534 g/mol. The number of anilines is 1. The number of aliphatic carboxylic acids is 1. The van der Waals surface area contributed by atoms with Crippen LogP contribution < -0.4 is 9.64 Å². The maximum absolute atomic E-state index is 13.1. The zero-order valence-electron chi connectivity index (χ0n) is 23.5. The van der Waals surface area contributed by atoms with E-state index < -0.39 is 17.7 Å². The first-order valence-electron chi connectivity index (χ1n) is 13.5. The topological polar surface area (TPSA) is 71.9 Å². The van der Waals surface area contributed by atoms with Crippen molar-refractivity contribution in [1.82, 2.24) is 4.98 Å². The Bertz CT molecular complexity index is 1260. The van der Waals surface area contributed by atoms with Gasteiger partial charge in [0.15, 0.2) is 6.10 Å². The van der Waals surface area contributed by atoms with Crippen molar-refractivity contribution in [2.75, 3.05) is 24.6 Å². The van der Waals surface area contributed by atoms with Gasteiger partial charge in [0.25, 0.3) is 0 Å². The van der Waals surface area contributed by atoms with E-state index in [1.165, 1.54) is 12.1 Å². The highest BCUT2D eigenvalue weighted by Crippen LogP contribution is 2.42. The average molecular weight is 535 g/mol. The Balaban J connectivity index is 1.62. The van der Waals surface area contributed by atoms with Crippen LogP contribution >= 0.6 is 0 Å². The number of carboxylic acids is 1. The van der Waals surface area contributed by atoms with Gasteiger partial charge in [-0.05, 0) is 74.4 Å². The highest BCUT2D eigenvalue weighted by Gasteiger charge is 2.34. The summed E-state index contributed by atoms with van der Waals surface area (Å²) in [5.41, 5.74) is 3.83. The van der Waals surface area contributed by atoms with Gasteiger partial charge >= 0.3 is 5.97 Å². The number of hydrogen-bond acceptors (Lipinski definition) is 5. The molecule has 0 spiro atoms. The average Bonchev–Trinajstić information content (AvgIpc) is 2.88. The largest absolute Gasteiger partial charge is 0.493 e. The molecule has 1 aliphatic heterocycles. The third kappa shape index (κ3) is 7.57. The third-order valence-corrected chi connectivity index (χ3v) is 7.10. The molecule has 208 valence electrons. The highest BCUT2D eigenvalue weighted by atomic mass is 19.1. The van der Waals surface area contributed by atoms with Gasteiger partial charge in [-0.25, -0.2) is 9.18 Å². The molecule has 1 saturated heterocycles. The molecule has 1 aliphatic rings. The van der Waals surface area contributed by atoms with E-state index in [1.807, 2.05) is 45.0 Å². The fourth-order valence-corrected chi connectivity index (χ4v) is 4.83. The first kappa shape index (κ1) is 28.6. The number of aromatic nitrogens is 1. The SMILES string of the molecule is CC1(C)CCN(c2c(-c3ccc(OCCc4ccc(F)cc4)cc3)cncc2[C@H](OC(C)(C)C)C(=O)O)CC1. The van der Waals surface area contributed by atoms with Crippen LogP contribution in [0.15, 0.2) is 60.9 Å². The quantitative estimate of drug-likeness (QED) is 0.316. The Morgan fingerprint density at radius 1 is 1.05 bits per heavy atom. The van der Waals surface area contributed by atoms with E-state index in [-0.39, 0.29) is 11.2 Å². The number of carbonyl (C=O) groups is 1. The molecule has 6 nitrogen and oxygen atoms in total. The predicted octanol–water partition coefficient (Wildman–Crippen LogP) is 7.08. The molecular formula is C32H39FN2O4. The van der Waals surface area contributed by atoms with Crippen LogP contribution in [0.2, 0.25) is 0 Å². The molecule has 1 atom stereocenters. The fourth-order valence-electron chi connectivity index (χ4n) is 4.83. The van der Waals surface area contributed by atoms with Gasteiger partial charge in [-0.2, -0.15) is 0 Å². The van der Waals surface area contributed by atoms with Crippen LogP contribution in [0.4, 0.5) is 10.1 Å². The molecule has 2 aromatic carbocycles. The van der Waals surface area contributed by atoms with Crippen LogP contribution in [0.1, 0.15) is 64.7 Å². The van der Waals surface area contributed by atoms with Crippen LogP contribution in [-0.4, -0.2) is 41.4 Å². The second-order valence-electron chi connectivity index (χ2n) is 12.0. The van der Waals surface area contributed by atoms with Crippen LogP contribution in [0.5, 0.6) is 5.75 Å². The van der Waals surface area contributed by atoms with E-state index in [9.17, 15) is 14.3 Å². The summed E-state index contributed by atoms with van der Waals surface area (Å²) < 4.78 is 25.1. The molecule has 7 heteroatoms. The smallest absolute Gasteiger partial charge is 0.337 e. The summed E-state index contributed by atoms with van der Waals surface area (Å²) in [6.45, 7) is 12.2. The fraction of sp³-hybridized carbons (Fsp3) is 0.438. The minimum Gasteiger partial charge on any atom is -0.493 e. The molecule has 0 aliphatic carbocycles. The minimum atomic E-state index is -1.14. The highest BCUT2D eigenvalue weighted by molar-refractivity contribution is 5.85. The number of ether oxygens (including phenoxy) is 2. The first-order valence-corrected chi connectivity index (χ1v) is 13.5. The molecule has 3 aromatic rings. The Labute approximate surface area is 230 Å². The molecule has 2 heterocycles. The van der Waals surface area contributed by atoms with E-state index in [2.05, 4.69) is 23.7 Å². The Kier molecular flexibility index (Phi) is 8.60. The molecule has 1 fully saturated rings. The number of pyridine rings is 1. The van der Waals surface area contributed by atoms with Gasteiger partial charge in [0.1, 0.15) is 11.6 Å². The number of rotatable bonds is 9. The predicted molar refractivity (Wildman–Crippen MR) is 152 cm³/mol. The van der Waals surface area contributed by atoms with Gasteiger partial charge < -0.3 is 19.5 Å². The van der Waals surface area contributed by atoms with Crippen molar-refractivity contribution in [3.63, 3.8) is 0 Å². The molecular weight excluding hydrogens is 495 g/mol. The number of carboxylic acid groups (broad SMARTS) is 1. The lowest BCUT2D eigenvalue weighted by Crippen LogP contribution is -2.39. The number of hydrogen-bond donors (Lipinski definition) is 1. The lowest BCUT2D eigenvalue weighted by molar-refractivity contribution is -0.160. The zero-order valence-corrected chi connectivity index (χ0v) is 23.5. The van der Waals surface area contributed by atoms with Gasteiger partial charge in [-0.3, -0.25) is 4.98 Å². The molecule has 0 radical (unpaired) electrons. The molecule has 0 bridgehead atoms. The van der Waals surface area contributed by atoms with Gasteiger partial charge in [-0.15, -0.1) is 0 Å². The van der Waals surface area contributed by atoms with Crippen molar-refractivity contribution < 1.29 is 23.8 Å². The van der Waals surface area contributed by atoms with E-state index in [0.717, 1.165) is 54.1 Å². The van der Waals surface area contributed by atoms with Crippen LogP contribution in [0.3, 0.4) is 0 Å². The second-order valence-corrected chi connectivity index (χ2v) is 12.0. The van der Waals surface area contributed by atoms with Gasteiger partial charge in [-0.1, -0.05) is 38.1 Å². The lowest BCUT2D eigenvalue weighted by atomic mass is 9.82. The maximum atomic E-state index is 13.1. The van der Waals surface area contributed by atoms with Crippen LogP contribution in [-0.2, 0) is 16.0 Å². The third-order valence-electron chi connectivity index (χ3n) is 7.10. The number of nitrogens with zero attached hydrogens (tertiary/aromatic N) is 2. The molecule has 1 N–H and O–H groups in total. The van der Waals surface area contributed by atoms with Gasteiger partial charge in [0.05, 0.1) is 17.9 Å². The number of piperidine rings is 1. The summed E-state index contributed by atoms with van der Waals surface area (Å²) in [6.07, 6.45) is 4.99. The van der Waals surface area contributed by atoms with Gasteiger partial charge in [0.2, 0.25) is 0 Å². The van der Waals surface area contributed by atoms with E-state index in [0.29, 0.717) is 18.6 Å². The van der Waals surface area contributed by atoms with E-state index in [4.69, 9.17) is 9.47 Å². The number of benzene rings is 2. The summed E-state index contributed by atoms with van der Waals surface area (Å²) >= 11 is 0. The summed E-state index contributed by atoms with van der Waals surface area (Å²) in [6, 6.07) is 14.2. The lowest BCUT2D eigenvalue weighted by Gasteiger charge is -2.40. The molecule has 1 aromatic heterocycles. The first-order chi connectivity index (χ1) is 18.4. The standard InChI is InChI=1S/C32H39FN2O4/c1-31(2,3)39-29(30(36)37)27-21-34-20-26(28(27)35-17-15-32(4,5)16-18-35)23-8-12-25(13-9-23)38-19-14-22-6-10-24(33)11-7-22/h6-13,20-21,29H,14-19H2,1-5H3,(H,36,37)/t29-/m0/s1. The molecule has 0 saturated carbocycles. The summed E-state index contributed by atoms with van der Waals surface area (Å²) in [4.78, 5) is 19.2. The molecule has 39 heavy (non-hydrogen) atoms. The molecule has 4 rings (SSSR count). The number of halogens is 1. The van der Waals surface area contributed by atoms with Crippen molar-refractivity contribution in [1.29, 1.82) is 0 Å². The van der Waals surface area contributed by atoms with Crippen molar-refractivity contribution in [3.05, 3.63) is 77.9 Å². The minimum absolute atomic E-state index is 0.241. The van der Waals surface area contributed by atoms with Crippen LogP contribution in [0.25, 0.3) is 11.1 Å². The van der Waals surface area contributed by atoms with Crippen molar-refractivity contribution in [2.45, 2.75) is 65.6 Å². The second kappa shape index (κ2) is 11.7. The molecule has 0 unspecified atom stereocenters. The van der Waals surface area contributed by atoms with Crippen molar-refractivity contribution >= 4 is 11.7 Å². The van der Waals surface area contributed by atoms with E-state index >= 15 is 0 Å². The normalized spacial score (nSPS) is 16.1. The maximum Gasteiger partial charge on any atom is 0.337 e. The van der Waals surface area contributed by atoms with Crippen molar-refractivity contribution in [2.24, 2.45) is 5.41 Å². The summed E-state index contributed by atoms with van der Waals surface area (Å²) in [7, 11) is 0.